The lowest BCUT2D eigenvalue weighted by atomic mass is 10.2. The summed E-state index contributed by atoms with van der Waals surface area (Å²) in [4.78, 5) is 9.21. The van der Waals surface area contributed by atoms with Crippen molar-refractivity contribution in [2.75, 3.05) is 0 Å². The van der Waals surface area contributed by atoms with Crippen LogP contribution < -0.4 is 0 Å². The summed E-state index contributed by atoms with van der Waals surface area (Å²) < 4.78 is 0. The summed E-state index contributed by atoms with van der Waals surface area (Å²) in [6.07, 6.45) is 3.12. The van der Waals surface area contributed by atoms with Gasteiger partial charge in [0.1, 0.15) is 6.33 Å². The van der Waals surface area contributed by atoms with E-state index < -0.39 is 0 Å². The average Bonchev–Trinajstić information content (AvgIpc) is 2.52. The van der Waals surface area contributed by atoms with Crippen LogP contribution in [0.3, 0.4) is 0 Å². The Morgan fingerprint density at radius 3 is 2.92 bits per heavy atom. The van der Waals surface area contributed by atoms with Crippen LogP contribution in [-0.4, -0.2) is 9.97 Å². The molecule has 0 atom stereocenters. The highest BCUT2D eigenvalue weighted by atomic mass is 35.5. The van der Waals surface area contributed by atoms with Gasteiger partial charge in [0.2, 0.25) is 0 Å². The van der Waals surface area contributed by atoms with E-state index in [1.165, 1.54) is 11.2 Å². The van der Waals surface area contributed by atoms with Crippen LogP contribution in [-0.2, 0) is 0 Å². The Labute approximate surface area is 85.2 Å². The third kappa shape index (κ3) is 1.57. The van der Waals surface area contributed by atoms with E-state index in [1.807, 2.05) is 11.4 Å². The molecule has 4 heteroatoms. The van der Waals surface area contributed by atoms with Crippen molar-refractivity contribution in [1.29, 1.82) is 0 Å². The van der Waals surface area contributed by atoms with Gasteiger partial charge in [-0.1, -0.05) is 11.6 Å². The van der Waals surface area contributed by atoms with Crippen LogP contribution in [0.2, 0.25) is 5.02 Å². The van der Waals surface area contributed by atoms with Gasteiger partial charge in [-0.3, -0.25) is 0 Å². The molecule has 0 saturated carbocycles. The minimum absolute atomic E-state index is 0.601. The molecule has 2 nitrogen and oxygen atoms in total. The van der Waals surface area contributed by atoms with Crippen molar-refractivity contribution in [3.63, 3.8) is 0 Å². The maximum absolute atomic E-state index is 5.97. The lowest BCUT2D eigenvalue weighted by molar-refractivity contribution is 1.17. The van der Waals surface area contributed by atoms with Crippen molar-refractivity contribution in [3.05, 3.63) is 33.9 Å². The van der Waals surface area contributed by atoms with Gasteiger partial charge in [0.15, 0.2) is 0 Å². The molecule has 0 radical (unpaired) electrons. The molecular weight excluding hydrogens is 204 g/mol. The zero-order chi connectivity index (χ0) is 9.26. The van der Waals surface area contributed by atoms with Crippen LogP contribution in [0.4, 0.5) is 0 Å². The Hall–Kier alpha value is -0.930. The van der Waals surface area contributed by atoms with Gasteiger partial charge in [0.05, 0.1) is 10.7 Å². The van der Waals surface area contributed by atoms with E-state index in [2.05, 4.69) is 16.9 Å². The molecule has 0 spiro atoms. The Kier molecular flexibility index (Phi) is 2.29. The van der Waals surface area contributed by atoms with Crippen LogP contribution in [0.25, 0.3) is 11.3 Å². The van der Waals surface area contributed by atoms with Gasteiger partial charge in [0.25, 0.3) is 0 Å². The maximum Gasteiger partial charge on any atom is 0.116 e. The fourth-order valence-corrected chi connectivity index (χ4v) is 2.05. The molecule has 0 aliphatic rings. The van der Waals surface area contributed by atoms with Crippen molar-refractivity contribution in [3.8, 4) is 11.3 Å². The molecule has 66 valence electrons. The molecular formula is C9H7ClN2S. The Morgan fingerprint density at radius 1 is 1.46 bits per heavy atom. The highest BCUT2D eigenvalue weighted by Gasteiger charge is 2.07. The van der Waals surface area contributed by atoms with E-state index >= 15 is 0 Å². The topological polar surface area (TPSA) is 25.8 Å². The minimum atomic E-state index is 0.601. The minimum Gasteiger partial charge on any atom is -0.243 e. The number of aryl methyl sites for hydroxylation is 1. The van der Waals surface area contributed by atoms with Gasteiger partial charge in [-0.2, -0.15) is 0 Å². The Morgan fingerprint density at radius 2 is 2.31 bits per heavy atom. The van der Waals surface area contributed by atoms with Gasteiger partial charge in [-0.25, -0.2) is 9.97 Å². The van der Waals surface area contributed by atoms with Crippen LogP contribution >= 0.6 is 22.9 Å². The number of nitrogens with zero attached hydrogens (tertiary/aromatic N) is 2. The van der Waals surface area contributed by atoms with Crippen LogP contribution in [0.1, 0.15) is 4.88 Å². The molecule has 0 N–H and O–H groups in total. The number of hydrogen-bond donors (Lipinski definition) is 0. The molecule has 0 amide bonds. The smallest absolute Gasteiger partial charge is 0.116 e. The largest absolute Gasteiger partial charge is 0.243 e. The second-order valence-electron chi connectivity index (χ2n) is 2.61. The zero-order valence-corrected chi connectivity index (χ0v) is 8.56. The van der Waals surface area contributed by atoms with Gasteiger partial charge < -0.3 is 0 Å². The third-order valence-electron chi connectivity index (χ3n) is 1.78. The van der Waals surface area contributed by atoms with E-state index in [-0.39, 0.29) is 0 Å². The number of rotatable bonds is 1. The second kappa shape index (κ2) is 3.44. The SMILES string of the molecule is Cc1sccc1-c1ncncc1Cl. The van der Waals surface area contributed by atoms with Crippen molar-refractivity contribution in [2.45, 2.75) is 6.92 Å². The summed E-state index contributed by atoms with van der Waals surface area (Å²) in [7, 11) is 0. The molecule has 0 aliphatic heterocycles. The monoisotopic (exact) mass is 210 g/mol. The molecule has 0 fully saturated rings. The lowest BCUT2D eigenvalue weighted by Gasteiger charge is -2.00. The van der Waals surface area contributed by atoms with Gasteiger partial charge in [-0.05, 0) is 18.4 Å². The van der Waals surface area contributed by atoms with E-state index in [1.54, 1.807) is 17.5 Å². The quantitative estimate of drug-likeness (QED) is 0.723. The number of aromatic nitrogens is 2. The molecule has 2 aromatic rings. The maximum atomic E-state index is 5.97. The summed E-state index contributed by atoms with van der Waals surface area (Å²) >= 11 is 7.66. The van der Waals surface area contributed by atoms with E-state index in [9.17, 15) is 0 Å². The highest BCUT2D eigenvalue weighted by Crippen LogP contribution is 2.30. The normalized spacial score (nSPS) is 10.3. The summed E-state index contributed by atoms with van der Waals surface area (Å²) in [5.41, 5.74) is 1.91. The van der Waals surface area contributed by atoms with Crippen LogP contribution in [0, 0.1) is 6.92 Å². The third-order valence-corrected chi connectivity index (χ3v) is 2.90. The fraction of sp³-hybridized carbons (Fsp3) is 0.111. The van der Waals surface area contributed by atoms with Crippen molar-refractivity contribution in [1.82, 2.24) is 9.97 Å². The standard InChI is InChI=1S/C9H7ClN2S/c1-6-7(2-3-13-6)9-8(10)4-11-5-12-9/h2-5H,1H3. The first-order valence-corrected chi connectivity index (χ1v) is 5.05. The van der Waals surface area contributed by atoms with Crippen molar-refractivity contribution in [2.24, 2.45) is 0 Å². The highest BCUT2D eigenvalue weighted by molar-refractivity contribution is 7.10. The van der Waals surface area contributed by atoms with Gasteiger partial charge >= 0.3 is 0 Å². The first-order chi connectivity index (χ1) is 6.29. The van der Waals surface area contributed by atoms with E-state index in [0.29, 0.717) is 5.02 Å². The van der Waals surface area contributed by atoms with E-state index in [4.69, 9.17) is 11.6 Å². The van der Waals surface area contributed by atoms with Crippen LogP contribution in [0.15, 0.2) is 24.0 Å². The Bertz CT molecular complexity index is 425. The summed E-state index contributed by atoms with van der Waals surface area (Å²) in [6.45, 7) is 2.05. The molecule has 13 heavy (non-hydrogen) atoms. The second-order valence-corrected chi connectivity index (χ2v) is 4.14. The lowest BCUT2D eigenvalue weighted by Crippen LogP contribution is -1.85. The molecule has 2 rings (SSSR count). The molecule has 0 unspecified atom stereocenters. The molecule has 2 heterocycles. The van der Waals surface area contributed by atoms with Gasteiger partial charge in [-0.15, -0.1) is 11.3 Å². The first-order valence-electron chi connectivity index (χ1n) is 3.79. The fourth-order valence-electron chi connectivity index (χ4n) is 1.14. The number of thiophene rings is 1. The zero-order valence-electron chi connectivity index (χ0n) is 6.99. The number of halogens is 1. The van der Waals surface area contributed by atoms with Crippen LogP contribution in [0.5, 0.6) is 0 Å². The predicted octanol–water partition coefficient (Wildman–Crippen LogP) is 3.17. The van der Waals surface area contributed by atoms with Crippen molar-refractivity contribution < 1.29 is 0 Å². The summed E-state index contributed by atoms with van der Waals surface area (Å²) in [5, 5.41) is 2.63. The predicted molar refractivity (Wildman–Crippen MR) is 55.1 cm³/mol. The Balaban J connectivity index is 2.59. The first kappa shape index (κ1) is 8.66. The molecule has 0 aromatic carbocycles. The number of hydrogen-bond acceptors (Lipinski definition) is 3. The summed E-state index contributed by atoms with van der Waals surface area (Å²) in [5.74, 6) is 0. The van der Waals surface area contributed by atoms with Crippen molar-refractivity contribution >= 4 is 22.9 Å². The van der Waals surface area contributed by atoms with E-state index in [0.717, 1.165) is 11.3 Å². The average molecular weight is 211 g/mol. The molecule has 2 aromatic heterocycles. The molecule has 0 saturated heterocycles. The molecule has 0 aliphatic carbocycles. The van der Waals surface area contributed by atoms with Gasteiger partial charge in [0, 0.05) is 16.6 Å². The molecule has 0 bridgehead atoms. The summed E-state index contributed by atoms with van der Waals surface area (Å²) in [6, 6.07) is 2.02.